The molecule has 0 fully saturated rings. The molecule has 0 heterocycles. The quantitative estimate of drug-likeness (QED) is 0.169. The normalized spacial score (nSPS) is 12.2. The standard InChI is InChI=1S/C30H26N2O6/c33-15-13-17-1-5-19(6-2-17)31-21-9-11-23(35)27-25(21)29(37)28-24(36)12-10-22(26(28)30(27)38)32-20-7-3-18(4-8-20)14-16-34/h1-12,31-36H,13-16H2. The second kappa shape index (κ2) is 10.4. The lowest BCUT2D eigenvalue weighted by Crippen LogP contribution is -2.23. The molecule has 0 saturated carbocycles. The van der Waals surface area contributed by atoms with Crippen molar-refractivity contribution in [1.29, 1.82) is 0 Å². The lowest BCUT2D eigenvalue weighted by molar-refractivity contribution is 0.0975. The summed E-state index contributed by atoms with van der Waals surface area (Å²) in [5.41, 5.74) is 3.48. The Morgan fingerprint density at radius 1 is 0.500 bits per heavy atom. The number of carbonyl (C=O) groups excluding carboxylic acids is 2. The number of aliphatic hydroxyl groups excluding tert-OH is 2. The monoisotopic (exact) mass is 510 g/mol. The molecule has 0 spiro atoms. The third-order valence-corrected chi connectivity index (χ3v) is 6.54. The van der Waals surface area contributed by atoms with Gasteiger partial charge < -0.3 is 31.1 Å². The fraction of sp³-hybridized carbons (Fsp3) is 0.133. The van der Waals surface area contributed by atoms with Crippen LogP contribution >= 0.6 is 0 Å². The molecule has 4 aromatic carbocycles. The van der Waals surface area contributed by atoms with Gasteiger partial charge in [0.25, 0.3) is 0 Å². The summed E-state index contributed by atoms with van der Waals surface area (Å²) in [6, 6.07) is 20.3. The second-order valence-corrected chi connectivity index (χ2v) is 9.01. The fourth-order valence-electron chi connectivity index (χ4n) is 4.65. The molecule has 0 atom stereocenters. The molecule has 6 N–H and O–H groups in total. The van der Waals surface area contributed by atoms with Crippen LogP contribution < -0.4 is 10.6 Å². The third kappa shape index (κ3) is 4.58. The van der Waals surface area contributed by atoms with Crippen LogP contribution in [-0.4, -0.2) is 45.2 Å². The Morgan fingerprint density at radius 3 is 1.21 bits per heavy atom. The van der Waals surface area contributed by atoms with Crippen molar-refractivity contribution in [3.63, 3.8) is 0 Å². The smallest absolute Gasteiger partial charge is 0.200 e. The number of phenolic OH excluding ortho intramolecular Hbond substituents is 2. The zero-order chi connectivity index (χ0) is 26.8. The summed E-state index contributed by atoms with van der Waals surface area (Å²) in [5, 5.41) is 45.9. The number of anilines is 4. The summed E-state index contributed by atoms with van der Waals surface area (Å²) in [5.74, 6) is -1.86. The molecule has 5 rings (SSSR count). The predicted molar refractivity (Wildman–Crippen MR) is 144 cm³/mol. The van der Waals surface area contributed by atoms with Crippen LogP contribution in [0.15, 0.2) is 72.8 Å². The Balaban J connectivity index is 1.54. The Labute approximate surface area is 218 Å². The minimum Gasteiger partial charge on any atom is -0.507 e. The van der Waals surface area contributed by atoms with Crippen molar-refractivity contribution in [3.8, 4) is 11.5 Å². The van der Waals surface area contributed by atoms with E-state index < -0.39 is 11.6 Å². The first kappa shape index (κ1) is 25.0. The molecule has 0 aliphatic heterocycles. The van der Waals surface area contributed by atoms with Gasteiger partial charge in [0.1, 0.15) is 11.5 Å². The molecule has 38 heavy (non-hydrogen) atoms. The van der Waals surface area contributed by atoms with Crippen LogP contribution in [0.25, 0.3) is 0 Å². The average molecular weight is 511 g/mol. The molecule has 192 valence electrons. The summed E-state index contributed by atoms with van der Waals surface area (Å²) >= 11 is 0. The summed E-state index contributed by atoms with van der Waals surface area (Å²) in [6.07, 6.45) is 1.03. The second-order valence-electron chi connectivity index (χ2n) is 9.01. The number of rotatable bonds is 8. The predicted octanol–water partition coefficient (Wildman–Crippen LogP) is 4.43. The number of aliphatic hydroxyl groups is 2. The molecule has 1 aliphatic carbocycles. The van der Waals surface area contributed by atoms with Crippen LogP contribution in [0.3, 0.4) is 0 Å². The van der Waals surface area contributed by atoms with E-state index in [1.54, 1.807) is 24.3 Å². The maximum atomic E-state index is 13.8. The number of hydrogen-bond donors (Lipinski definition) is 6. The van der Waals surface area contributed by atoms with Crippen molar-refractivity contribution in [2.45, 2.75) is 12.8 Å². The van der Waals surface area contributed by atoms with E-state index in [4.69, 9.17) is 10.2 Å². The van der Waals surface area contributed by atoms with Gasteiger partial charge >= 0.3 is 0 Å². The minimum atomic E-state index is -0.593. The van der Waals surface area contributed by atoms with E-state index in [2.05, 4.69) is 10.6 Å². The summed E-state index contributed by atoms with van der Waals surface area (Å²) < 4.78 is 0. The number of nitrogens with one attached hydrogen (secondary N) is 2. The van der Waals surface area contributed by atoms with Crippen molar-refractivity contribution in [2.75, 3.05) is 23.8 Å². The van der Waals surface area contributed by atoms with Crippen LogP contribution in [0.1, 0.15) is 43.0 Å². The fourth-order valence-corrected chi connectivity index (χ4v) is 4.65. The van der Waals surface area contributed by atoms with E-state index in [1.807, 2.05) is 24.3 Å². The van der Waals surface area contributed by atoms with Gasteiger partial charge in [-0.25, -0.2) is 0 Å². The van der Waals surface area contributed by atoms with Crippen molar-refractivity contribution in [3.05, 3.63) is 106 Å². The van der Waals surface area contributed by atoms with Gasteiger partial charge in [-0.05, 0) is 72.5 Å². The highest BCUT2D eigenvalue weighted by atomic mass is 16.3. The minimum absolute atomic E-state index is 0.0252. The molecule has 0 saturated heterocycles. The Morgan fingerprint density at radius 2 is 0.868 bits per heavy atom. The SMILES string of the molecule is O=C1c2c(O)ccc(Nc3ccc(CCO)cc3)c2C(=O)c2c(O)ccc(Nc3ccc(CCO)cc3)c21. The van der Waals surface area contributed by atoms with E-state index in [1.165, 1.54) is 24.3 Å². The van der Waals surface area contributed by atoms with Gasteiger partial charge in [-0.1, -0.05) is 24.3 Å². The van der Waals surface area contributed by atoms with Gasteiger partial charge in [0.2, 0.25) is 11.6 Å². The van der Waals surface area contributed by atoms with Crippen LogP contribution in [-0.2, 0) is 12.8 Å². The highest BCUT2D eigenvalue weighted by Gasteiger charge is 2.38. The number of hydrogen-bond acceptors (Lipinski definition) is 8. The Hall–Kier alpha value is -4.66. The van der Waals surface area contributed by atoms with E-state index in [0.29, 0.717) is 35.6 Å². The van der Waals surface area contributed by atoms with Crippen molar-refractivity contribution >= 4 is 34.3 Å². The van der Waals surface area contributed by atoms with Gasteiger partial charge in [0, 0.05) is 24.6 Å². The lowest BCUT2D eigenvalue weighted by Gasteiger charge is -2.24. The maximum absolute atomic E-state index is 13.8. The zero-order valence-electron chi connectivity index (χ0n) is 20.4. The molecule has 0 aromatic heterocycles. The van der Waals surface area contributed by atoms with Crippen LogP contribution in [0.5, 0.6) is 11.5 Å². The molecule has 1 aliphatic rings. The molecule has 8 heteroatoms. The molecule has 4 aromatic rings. The molecule has 0 bridgehead atoms. The molecular weight excluding hydrogens is 484 g/mol. The van der Waals surface area contributed by atoms with Crippen LogP contribution in [0.2, 0.25) is 0 Å². The zero-order valence-corrected chi connectivity index (χ0v) is 20.4. The highest BCUT2D eigenvalue weighted by Crippen LogP contribution is 2.43. The Kier molecular flexibility index (Phi) is 6.83. The summed E-state index contributed by atoms with van der Waals surface area (Å²) in [4.78, 5) is 27.5. The molecule has 8 nitrogen and oxygen atoms in total. The van der Waals surface area contributed by atoms with Gasteiger partial charge in [-0.2, -0.15) is 0 Å². The van der Waals surface area contributed by atoms with Crippen molar-refractivity contribution in [1.82, 2.24) is 0 Å². The van der Waals surface area contributed by atoms with Crippen LogP contribution in [0, 0.1) is 0 Å². The molecule has 0 unspecified atom stereocenters. The first-order chi connectivity index (χ1) is 18.4. The molecular formula is C30H26N2O6. The lowest BCUT2D eigenvalue weighted by atomic mass is 9.81. The van der Waals surface area contributed by atoms with Crippen molar-refractivity contribution in [2.24, 2.45) is 0 Å². The number of phenols is 2. The van der Waals surface area contributed by atoms with Crippen LogP contribution in [0.4, 0.5) is 22.7 Å². The number of aromatic hydroxyl groups is 2. The van der Waals surface area contributed by atoms with Crippen molar-refractivity contribution < 1.29 is 30.0 Å². The van der Waals surface area contributed by atoms with Gasteiger partial charge in [-0.3, -0.25) is 9.59 Å². The van der Waals surface area contributed by atoms with Gasteiger partial charge in [0.15, 0.2) is 0 Å². The molecule has 0 radical (unpaired) electrons. The van der Waals surface area contributed by atoms with E-state index in [-0.39, 0.29) is 47.0 Å². The Bertz CT molecular complexity index is 1410. The van der Waals surface area contributed by atoms with Gasteiger partial charge in [-0.15, -0.1) is 0 Å². The average Bonchev–Trinajstić information content (AvgIpc) is 2.91. The summed E-state index contributed by atoms with van der Waals surface area (Å²) in [7, 11) is 0. The first-order valence-corrected chi connectivity index (χ1v) is 12.2. The highest BCUT2D eigenvalue weighted by molar-refractivity contribution is 6.33. The topological polar surface area (TPSA) is 139 Å². The third-order valence-electron chi connectivity index (χ3n) is 6.54. The maximum Gasteiger partial charge on any atom is 0.200 e. The van der Waals surface area contributed by atoms with E-state index in [9.17, 15) is 19.8 Å². The summed E-state index contributed by atoms with van der Waals surface area (Å²) in [6.45, 7) is 0.0628. The number of carbonyl (C=O) groups is 2. The molecule has 0 amide bonds. The number of benzene rings is 4. The largest absolute Gasteiger partial charge is 0.507 e. The first-order valence-electron chi connectivity index (χ1n) is 12.2. The van der Waals surface area contributed by atoms with E-state index >= 15 is 0 Å². The van der Waals surface area contributed by atoms with Gasteiger partial charge in [0.05, 0.1) is 33.6 Å². The number of fused-ring (bicyclic) bond motifs is 2. The number of ketones is 2. The van der Waals surface area contributed by atoms with E-state index in [0.717, 1.165) is 11.1 Å².